The van der Waals surface area contributed by atoms with Crippen molar-refractivity contribution in [2.45, 2.75) is 13.0 Å². The van der Waals surface area contributed by atoms with E-state index in [4.69, 9.17) is 9.47 Å². The molecule has 2 aromatic rings. The van der Waals surface area contributed by atoms with Gasteiger partial charge in [0.2, 0.25) is 0 Å². The van der Waals surface area contributed by atoms with E-state index in [1.165, 1.54) is 4.90 Å². The Balaban J connectivity index is 2.12. The number of carbonyl (C=O) groups is 2. The highest BCUT2D eigenvalue weighted by molar-refractivity contribution is 6.46. The molecule has 3 rings (SSSR count). The van der Waals surface area contributed by atoms with Crippen molar-refractivity contribution in [3.05, 3.63) is 65.2 Å². The highest BCUT2D eigenvalue weighted by Crippen LogP contribution is 2.40. The molecule has 0 radical (unpaired) electrons. The maximum atomic E-state index is 13.0. The molecule has 0 aromatic heterocycles. The van der Waals surface area contributed by atoms with Crippen molar-refractivity contribution in [3.63, 3.8) is 0 Å². The molecule has 1 saturated heterocycles. The van der Waals surface area contributed by atoms with Crippen LogP contribution in [0.1, 0.15) is 24.1 Å². The smallest absolute Gasteiger partial charge is 0.295 e. The molecule has 0 aliphatic carbocycles. The molecule has 1 heterocycles. The number of hydrogen-bond donors (Lipinski definition) is 1. The molecule has 1 aliphatic heterocycles. The molecule has 1 fully saturated rings. The molecule has 0 spiro atoms. The van der Waals surface area contributed by atoms with Gasteiger partial charge in [-0.05, 0) is 63.0 Å². The number of likely N-dealkylation sites (tertiary alicyclic amines) is 1. The van der Waals surface area contributed by atoms with Crippen molar-refractivity contribution >= 4 is 17.4 Å². The molecule has 7 heteroatoms. The van der Waals surface area contributed by atoms with E-state index in [2.05, 4.69) is 0 Å². The third-order valence-corrected chi connectivity index (χ3v) is 5.18. The van der Waals surface area contributed by atoms with Gasteiger partial charge in [-0.2, -0.15) is 0 Å². The number of ketones is 1. The Morgan fingerprint density at radius 1 is 1.10 bits per heavy atom. The van der Waals surface area contributed by atoms with Crippen LogP contribution in [0.25, 0.3) is 5.76 Å². The van der Waals surface area contributed by atoms with Gasteiger partial charge in [0.25, 0.3) is 11.7 Å². The number of ether oxygens (including phenoxy) is 2. The number of methoxy groups -OCH3 is 1. The Hall–Kier alpha value is -3.32. The Kier molecular flexibility index (Phi) is 6.97. The zero-order valence-electron chi connectivity index (χ0n) is 18.3. The van der Waals surface area contributed by atoms with Crippen molar-refractivity contribution in [1.29, 1.82) is 0 Å². The van der Waals surface area contributed by atoms with Crippen LogP contribution in [0, 0.1) is 0 Å². The van der Waals surface area contributed by atoms with Crippen LogP contribution in [0.15, 0.2) is 54.1 Å². The van der Waals surface area contributed by atoms with Gasteiger partial charge in [-0.25, -0.2) is 0 Å². The number of aliphatic hydroxyl groups is 1. The summed E-state index contributed by atoms with van der Waals surface area (Å²) in [7, 11) is 5.35. The lowest BCUT2D eigenvalue weighted by molar-refractivity contribution is -0.140. The Bertz CT molecular complexity index is 982. The number of nitrogens with zero attached hydrogens (tertiary/aromatic N) is 2. The maximum absolute atomic E-state index is 13.0. The van der Waals surface area contributed by atoms with Crippen molar-refractivity contribution in [3.8, 4) is 11.5 Å². The molecule has 1 atom stereocenters. The standard InChI is InChI=1S/C24H28N2O5/c1-5-31-19-8-6-7-17(15-19)21-20(22(27)16-9-11-18(30-4)12-10-16)23(28)24(29)26(21)14-13-25(2)3/h6-12,15,21,27H,5,13-14H2,1-4H3/b22-20-. The summed E-state index contributed by atoms with van der Waals surface area (Å²) in [5.41, 5.74) is 1.22. The van der Waals surface area contributed by atoms with Gasteiger partial charge < -0.3 is 24.4 Å². The average molecular weight is 424 g/mol. The van der Waals surface area contributed by atoms with E-state index in [0.29, 0.717) is 42.3 Å². The van der Waals surface area contributed by atoms with Crippen LogP contribution in [0.4, 0.5) is 0 Å². The third kappa shape index (κ3) is 4.72. The van der Waals surface area contributed by atoms with Crippen molar-refractivity contribution in [2.75, 3.05) is 40.9 Å². The van der Waals surface area contributed by atoms with Crippen molar-refractivity contribution in [1.82, 2.24) is 9.80 Å². The lowest BCUT2D eigenvalue weighted by Gasteiger charge is -2.26. The summed E-state index contributed by atoms with van der Waals surface area (Å²) in [5.74, 6) is -0.255. The largest absolute Gasteiger partial charge is 0.507 e. The van der Waals surface area contributed by atoms with E-state index in [9.17, 15) is 14.7 Å². The van der Waals surface area contributed by atoms with E-state index in [1.54, 1.807) is 31.4 Å². The zero-order chi connectivity index (χ0) is 22.5. The molecule has 1 N–H and O–H groups in total. The molecule has 7 nitrogen and oxygen atoms in total. The van der Waals surface area contributed by atoms with E-state index >= 15 is 0 Å². The summed E-state index contributed by atoms with van der Waals surface area (Å²) in [5, 5.41) is 11.1. The third-order valence-electron chi connectivity index (χ3n) is 5.18. The lowest BCUT2D eigenvalue weighted by Crippen LogP contribution is -2.35. The van der Waals surface area contributed by atoms with Crippen LogP contribution >= 0.6 is 0 Å². The van der Waals surface area contributed by atoms with E-state index < -0.39 is 17.7 Å². The average Bonchev–Trinajstić information content (AvgIpc) is 3.02. The topological polar surface area (TPSA) is 79.3 Å². The van der Waals surface area contributed by atoms with Gasteiger partial charge in [0, 0.05) is 18.7 Å². The monoisotopic (exact) mass is 424 g/mol. The number of carbonyl (C=O) groups excluding carboxylic acids is 2. The minimum atomic E-state index is -0.706. The van der Waals surface area contributed by atoms with E-state index in [0.717, 1.165) is 0 Å². The Labute approximate surface area is 182 Å². The van der Waals surface area contributed by atoms with Gasteiger partial charge in [0.1, 0.15) is 17.3 Å². The SMILES string of the molecule is CCOc1cccc(C2/C(=C(/O)c3ccc(OC)cc3)C(=O)C(=O)N2CCN(C)C)c1. The second-order valence-corrected chi connectivity index (χ2v) is 7.53. The fourth-order valence-electron chi connectivity index (χ4n) is 3.61. The minimum Gasteiger partial charge on any atom is -0.507 e. The molecule has 1 aliphatic rings. The summed E-state index contributed by atoms with van der Waals surface area (Å²) in [6.07, 6.45) is 0. The molecular weight excluding hydrogens is 396 g/mol. The van der Waals surface area contributed by atoms with Gasteiger partial charge in [-0.3, -0.25) is 9.59 Å². The molecule has 1 unspecified atom stereocenters. The molecule has 2 aromatic carbocycles. The maximum Gasteiger partial charge on any atom is 0.295 e. The predicted octanol–water partition coefficient (Wildman–Crippen LogP) is 3.08. The van der Waals surface area contributed by atoms with Crippen LogP contribution in [0.5, 0.6) is 11.5 Å². The summed E-state index contributed by atoms with van der Waals surface area (Å²) in [6.45, 7) is 3.31. The van der Waals surface area contributed by atoms with E-state index in [1.807, 2.05) is 50.2 Å². The van der Waals surface area contributed by atoms with Crippen LogP contribution in [0.3, 0.4) is 0 Å². The van der Waals surface area contributed by atoms with Gasteiger partial charge in [-0.15, -0.1) is 0 Å². The molecule has 0 saturated carbocycles. The lowest BCUT2D eigenvalue weighted by atomic mass is 9.95. The van der Waals surface area contributed by atoms with Gasteiger partial charge in [0.05, 0.1) is 25.3 Å². The van der Waals surface area contributed by atoms with Crippen molar-refractivity contribution < 1.29 is 24.2 Å². The van der Waals surface area contributed by atoms with Gasteiger partial charge in [0.15, 0.2) is 0 Å². The normalized spacial score (nSPS) is 18.0. The first-order valence-electron chi connectivity index (χ1n) is 10.2. The van der Waals surface area contributed by atoms with E-state index in [-0.39, 0.29) is 11.3 Å². The number of rotatable bonds is 8. The number of aliphatic hydroxyl groups excluding tert-OH is 1. The predicted molar refractivity (Wildman–Crippen MR) is 118 cm³/mol. The van der Waals surface area contributed by atoms with Gasteiger partial charge in [-0.1, -0.05) is 12.1 Å². The second-order valence-electron chi connectivity index (χ2n) is 7.53. The van der Waals surface area contributed by atoms with Crippen LogP contribution in [-0.4, -0.2) is 67.5 Å². The Morgan fingerprint density at radius 3 is 2.42 bits per heavy atom. The second kappa shape index (κ2) is 9.66. The molecule has 31 heavy (non-hydrogen) atoms. The van der Waals surface area contributed by atoms with Gasteiger partial charge >= 0.3 is 0 Å². The van der Waals surface area contributed by atoms with Crippen LogP contribution in [0.2, 0.25) is 0 Å². The highest BCUT2D eigenvalue weighted by Gasteiger charge is 2.46. The molecule has 1 amide bonds. The number of Topliss-reactive ketones (excluding diaryl/α,β-unsaturated/α-hetero) is 1. The Morgan fingerprint density at radius 2 is 1.81 bits per heavy atom. The fourth-order valence-corrected chi connectivity index (χ4v) is 3.61. The van der Waals surface area contributed by atoms with Crippen molar-refractivity contribution in [2.24, 2.45) is 0 Å². The quantitative estimate of drug-likeness (QED) is 0.399. The van der Waals surface area contributed by atoms with Crippen LogP contribution < -0.4 is 9.47 Å². The summed E-state index contributed by atoms with van der Waals surface area (Å²) >= 11 is 0. The number of benzene rings is 2. The number of amides is 1. The first kappa shape index (κ1) is 22.4. The molecule has 0 bridgehead atoms. The summed E-state index contributed by atoms with van der Waals surface area (Å²) in [6, 6.07) is 13.3. The number of likely N-dealkylation sites (N-methyl/N-ethyl adjacent to an activating group) is 1. The van der Waals surface area contributed by atoms with Crippen LogP contribution in [-0.2, 0) is 9.59 Å². The molecule has 164 valence electrons. The first-order valence-corrected chi connectivity index (χ1v) is 10.2. The highest BCUT2D eigenvalue weighted by atomic mass is 16.5. The fraction of sp³-hybridized carbons (Fsp3) is 0.333. The molecular formula is C24H28N2O5. The first-order chi connectivity index (χ1) is 14.9. The minimum absolute atomic E-state index is 0.0718. The summed E-state index contributed by atoms with van der Waals surface area (Å²) < 4.78 is 10.8. The summed E-state index contributed by atoms with van der Waals surface area (Å²) in [4.78, 5) is 29.4. The number of hydrogen-bond acceptors (Lipinski definition) is 6. The zero-order valence-corrected chi connectivity index (χ0v) is 18.3.